The van der Waals surface area contributed by atoms with Crippen molar-refractivity contribution in [1.29, 1.82) is 5.26 Å². The number of nitrogens with two attached hydrogens (primary N) is 1. The molecule has 3 N–H and O–H groups in total. The summed E-state index contributed by atoms with van der Waals surface area (Å²) in [6.07, 6.45) is 0. The Balaban J connectivity index is 2.07. The van der Waals surface area contributed by atoms with Crippen molar-refractivity contribution in [2.45, 2.75) is 5.92 Å². The van der Waals surface area contributed by atoms with Crippen LogP contribution in [0, 0.1) is 11.3 Å². The Morgan fingerprint density at radius 3 is 2.67 bits per heavy atom. The first-order valence-corrected chi connectivity index (χ1v) is 7.57. The minimum atomic E-state index is -0.378. The number of aromatic hydroxyl groups is 1. The molecule has 0 unspecified atom stereocenters. The SMILES string of the molecule is N#CC1=C(N)Oc2ccc3ccccc3c2[C@@H]1c1cccc(O)c1. The largest absolute Gasteiger partial charge is 0.508 e. The van der Waals surface area contributed by atoms with E-state index in [2.05, 4.69) is 6.07 Å². The van der Waals surface area contributed by atoms with Crippen molar-refractivity contribution in [2.75, 3.05) is 0 Å². The molecule has 0 bridgehead atoms. The van der Waals surface area contributed by atoms with E-state index in [1.165, 1.54) is 0 Å². The standard InChI is InChI=1S/C20H14N2O2/c21-11-16-18(13-5-3-6-14(23)10-13)19-15-7-2-1-4-12(15)8-9-17(19)24-20(16)22/h1-10,18,23H,22H2/t18-/m1/s1. The third-order valence-electron chi connectivity index (χ3n) is 4.32. The molecule has 0 spiro atoms. The van der Waals surface area contributed by atoms with Gasteiger partial charge in [-0.25, -0.2) is 0 Å². The van der Waals surface area contributed by atoms with Crippen molar-refractivity contribution in [3.05, 3.63) is 83.2 Å². The summed E-state index contributed by atoms with van der Waals surface area (Å²) in [5, 5.41) is 21.6. The van der Waals surface area contributed by atoms with Crippen LogP contribution >= 0.6 is 0 Å². The number of allylic oxidation sites excluding steroid dienone is 1. The average molecular weight is 314 g/mol. The van der Waals surface area contributed by atoms with Gasteiger partial charge in [-0.15, -0.1) is 0 Å². The van der Waals surface area contributed by atoms with Gasteiger partial charge in [0.1, 0.15) is 23.1 Å². The molecule has 24 heavy (non-hydrogen) atoms. The third-order valence-corrected chi connectivity index (χ3v) is 4.32. The van der Waals surface area contributed by atoms with Gasteiger partial charge < -0.3 is 15.6 Å². The van der Waals surface area contributed by atoms with E-state index in [1.807, 2.05) is 42.5 Å². The predicted octanol–water partition coefficient (Wildman–Crippen LogP) is 3.76. The summed E-state index contributed by atoms with van der Waals surface area (Å²) in [6.45, 7) is 0. The Kier molecular flexibility index (Phi) is 3.14. The number of phenolic OH excluding ortho intramolecular Hbond substituents is 1. The van der Waals surface area contributed by atoms with Gasteiger partial charge in [-0.2, -0.15) is 5.26 Å². The number of ether oxygens (including phenoxy) is 1. The molecule has 3 aromatic carbocycles. The zero-order valence-electron chi connectivity index (χ0n) is 12.7. The second kappa shape index (κ2) is 5.32. The van der Waals surface area contributed by atoms with Crippen LogP contribution in [0.25, 0.3) is 10.8 Å². The summed E-state index contributed by atoms with van der Waals surface area (Å²) < 4.78 is 5.70. The number of nitriles is 1. The first-order chi connectivity index (χ1) is 11.7. The van der Waals surface area contributed by atoms with Crippen molar-refractivity contribution in [2.24, 2.45) is 5.73 Å². The molecule has 116 valence electrons. The van der Waals surface area contributed by atoms with E-state index in [0.717, 1.165) is 21.9 Å². The van der Waals surface area contributed by atoms with Crippen LogP contribution in [0.2, 0.25) is 0 Å². The van der Waals surface area contributed by atoms with Crippen molar-refractivity contribution in [1.82, 2.24) is 0 Å². The van der Waals surface area contributed by atoms with Gasteiger partial charge in [-0.05, 0) is 34.5 Å². The molecule has 0 saturated carbocycles. The predicted molar refractivity (Wildman–Crippen MR) is 91.4 cm³/mol. The molecule has 0 radical (unpaired) electrons. The molecule has 0 aliphatic carbocycles. The van der Waals surface area contributed by atoms with Gasteiger partial charge in [0.15, 0.2) is 0 Å². The first-order valence-electron chi connectivity index (χ1n) is 7.57. The lowest BCUT2D eigenvalue weighted by Gasteiger charge is -2.27. The molecule has 4 heteroatoms. The van der Waals surface area contributed by atoms with Gasteiger partial charge in [0.2, 0.25) is 5.88 Å². The van der Waals surface area contributed by atoms with E-state index < -0.39 is 0 Å². The molecule has 1 heterocycles. The maximum atomic E-state index is 9.87. The monoisotopic (exact) mass is 314 g/mol. The lowest BCUT2D eigenvalue weighted by atomic mass is 9.81. The molecule has 0 amide bonds. The normalized spacial score (nSPS) is 16.4. The molecule has 1 aliphatic rings. The van der Waals surface area contributed by atoms with Gasteiger partial charge in [-0.3, -0.25) is 0 Å². The topological polar surface area (TPSA) is 79.3 Å². The fourth-order valence-electron chi connectivity index (χ4n) is 3.28. The Labute approximate surface area is 139 Å². The molecule has 0 aromatic heterocycles. The van der Waals surface area contributed by atoms with Crippen LogP contribution in [-0.4, -0.2) is 5.11 Å². The van der Waals surface area contributed by atoms with Crippen molar-refractivity contribution in [3.63, 3.8) is 0 Å². The smallest absolute Gasteiger partial charge is 0.205 e. The Morgan fingerprint density at radius 1 is 1.04 bits per heavy atom. The maximum absolute atomic E-state index is 9.87. The van der Waals surface area contributed by atoms with E-state index >= 15 is 0 Å². The molecular formula is C20H14N2O2. The summed E-state index contributed by atoms with van der Waals surface area (Å²) in [4.78, 5) is 0. The van der Waals surface area contributed by atoms with Crippen LogP contribution in [0.15, 0.2) is 72.1 Å². The average Bonchev–Trinajstić information content (AvgIpc) is 2.60. The lowest BCUT2D eigenvalue weighted by molar-refractivity contribution is 0.394. The molecule has 1 atom stereocenters. The van der Waals surface area contributed by atoms with Crippen molar-refractivity contribution in [3.8, 4) is 17.6 Å². The number of fused-ring (bicyclic) bond motifs is 3. The van der Waals surface area contributed by atoms with Crippen LogP contribution < -0.4 is 10.5 Å². The number of nitrogens with zero attached hydrogens (tertiary/aromatic N) is 1. The fraction of sp³-hybridized carbons (Fsp3) is 0.0500. The van der Waals surface area contributed by atoms with E-state index in [1.54, 1.807) is 18.2 Å². The fourth-order valence-corrected chi connectivity index (χ4v) is 3.28. The van der Waals surface area contributed by atoms with E-state index in [9.17, 15) is 10.4 Å². The molecule has 0 fully saturated rings. The third kappa shape index (κ3) is 2.07. The van der Waals surface area contributed by atoms with Gasteiger partial charge in [0, 0.05) is 5.56 Å². The summed E-state index contributed by atoms with van der Waals surface area (Å²) in [7, 11) is 0. The summed E-state index contributed by atoms with van der Waals surface area (Å²) in [5.74, 6) is 0.515. The number of rotatable bonds is 1. The van der Waals surface area contributed by atoms with Crippen LogP contribution in [-0.2, 0) is 0 Å². The highest BCUT2D eigenvalue weighted by Crippen LogP contribution is 2.45. The molecule has 0 saturated heterocycles. The summed E-state index contributed by atoms with van der Waals surface area (Å²) in [6, 6.07) is 20.9. The molecule has 4 nitrogen and oxygen atoms in total. The first kappa shape index (κ1) is 14.2. The number of phenols is 1. The van der Waals surface area contributed by atoms with Crippen LogP contribution in [0.5, 0.6) is 11.5 Å². The Hall–Kier alpha value is -3.45. The number of benzene rings is 3. The summed E-state index contributed by atoms with van der Waals surface area (Å²) in [5.41, 5.74) is 8.03. The highest BCUT2D eigenvalue weighted by Gasteiger charge is 2.32. The summed E-state index contributed by atoms with van der Waals surface area (Å²) >= 11 is 0. The van der Waals surface area contributed by atoms with Crippen molar-refractivity contribution >= 4 is 10.8 Å². The minimum Gasteiger partial charge on any atom is -0.508 e. The molecule has 4 rings (SSSR count). The van der Waals surface area contributed by atoms with Crippen molar-refractivity contribution < 1.29 is 9.84 Å². The highest BCUT2D eigenvalue weighted by molar-refractivity contribution is 5.90. The molecule has 3 aromatic rings. The van der Waals surface area contributed by atoms with Gasteiger partial charge in [0.05, 0.1) is 5.92 Å². The van der Waals surface area contributed by atoms with E-state index in [4.69, 9.17) is 10.5 Å². The van der Waals surface area contributed by atoms with E-state index in [-0.39, 0.29) is 17.6 Å². The quantitative estimate of drug-likeness (QED) is 0.716. The molecule has 1 aliphatic heterocycles. The zero-order valence-corrected chi connectivity index (χ0v) is 12.7. The lowest BCUT2D eigenvalue weighted by Crippen LogP contribution is -2.21. The zero-order chi connectivity index (χ0) is 16.7. The van der Waals surface area contributed by atoms with Crippen LogP contribution in [0.3, 0.4) is 0 Å². The maximum Gasteiger partial charge on any atom is 0.205 e. The highest BCUT2D eigenvalue weighted by atomic mass is 16.5. The van der Waals surface area contributed by atoms with Crippen LogP contribution in [0.1, 0.15) is 17.0 Å². The second-order valence-corrected chi connectivity index (χ2v) is 5.72. The Bertz CT molecular complexity index is 1030. The minimum absolute atomic E-state index is 0.105. The number of hydrogen-bond donors (Lipinski definition) is 2. The van der Waals surface area contributed by atoms with Gasteiger partial charge >= 0.3 is 0 Å². The van der Waals surface area contributed by atoms with Gasteiger partial charge in [-0.1, -0.05) is 42.5 Å². The second-order valence-electron chi connectivity index (χ2n) is 5.72. The number of hydrogen-bond acceptors (Lipinski definition) is 4. The van der Waals surface area contributed by atoms with Gasteiger partial charge in [0.25, 0.3) is 0 Å². The molecular weight excluding hydrogens is 300 g/mol. The Morgan fingerprint density at radius 2 is 1.88 bits per heavy atom. The van der Waals surface area contributed by atoms with E-state index in [0.29, 0.717) is 11.3 Å². The van der Waals surface area contributed by atoms with Crippen LogP contribution in [0.4, 0.5) is 0 Å².